The Bertz CT molecular complexity index is 755. The van der Waals surface area contributed by atoms with Crippen LogP contribution in [0.25, 0.3) is 0 Å². The molecule has 11 heteroatoms. The second-order valence-corrected chi connectivity index (χ2v) is 6.26. The highest BCUT2D eigenvalue weighted by molar-refractivity contribution is 5.94. The van der Waals surface area contributed by atoms with Crippen LogP contribution in [0, 0.1) is 0 Å². The third-order valence-electron chi connectivity index (χ3n) is 3.94. The van der Waals surface area contributed by atoms with Crippen molar-refractivity contribution in [3.63, 3.8) is 0 Å². The molecule has 158 valence electrons. The van der Waals surface area contributed by atoms with Gasteiger partial charge < -0.3 is 29.4 Å². The molecule has 2 rings (SSSR count). The summed E-state index contributed by atoms with van der Waals surface area (Å²) in [6.45, 7) is 3.04. The largest absolute Gasteiger partial charge is 0.463 e. The van der Waals surface area contributed by atoms with Gasteiger partial charge in [-0.1, -0.05) is 0 Å². The number of aromatic nitrogens is 1. The number of carbonyl (C=O) groups excluding carboxylic acids is 4. The van der Waals surface area contributed by atoms with Crippen molar-refractivity contribution in [1.82, 2.24) is 10.3 Å². The third kappa shape index (κ3) is 6.22. The van der Waals surface area contributed by atoms with E-state index in [-0.39, 0.29) is 12.2 Å². The van der Waals surface area contributed by atoms with E-state index in [1.54, 1.807) is 6.07 Å². The summed E-state index contributed by atoms with van der Waals surface area (Å²) in [5.41, 5.74) is 0.187. The van der Waals surface area contributed by atoms with Crippen LogP contribution < -0.4 is 5.32 Å². The summed E-state index contributed by atoms with van der Waals surface area (Å²) in [7, 11) is 0. The minimum absolute atomic E-state index is 0.187. The summed E-state index contributed by atoms with van der Waals surface area (Å²) in [6.07, 6.45) is -2.55. The predicted octanol–water partition coefficient (Wildman–Crippen LogP) is -0.676. The van der Waals surface area contributed by atoms with Crippen LogP contribution in [0.3, 0.4) is 0 Å². The Labute approximate surface area is 166 Å². The lowest BCUT2D eigenvalue weighted by atomic mass is 9.96. The molecule has 11 nitrogen and oxygen atoms in total. The molecule has 1 fully saturated rings. The summed E-state index contributed by atoms with van der Waals surface area (Å²) in [6, 6.07) is 1.76. The molecule has 0 saturated carbocycles. The molecular formula is C18H22N2O9. The fourth-order valence-electron chi connectivity index (χ4n) is 2.80. The Balaban J connectivity index is 2.30. The Morgan fingerprint density at radius 3 is 2.31 bits per heavy atom. The number of rotatable bonds is 6. The maximum absolute atomic E-state index is 12.5. The molecule has 0 spiro atoms. The van der Waals surface area contributed by atoms with E-state index >= 15 is 0 Å². The number of amides is 1. The molecule has 0 aliphatic carbocycles. The topological polar surface area (TPSA) is 150 Å². The van der Waals surface area contributed by atoms with Gasteiger partial charge in [0.25, 0.3) is 5.91 Å². The zero-order valence-electron chi connectivity index (χ0n) is 16.1. The molecule has 2 heterocycles. The van der Waals surface area contributed by atoms with Crippen LogP contribution in [0.5, 0.6) is 0 Å². The first-order chi connectivity index (χ1) is 13.7. The molecule has 1 aromatic heterocycles. The van der Waals surface area contributed by atoms with Crippen LogP contribution >= 0.6 is 0 Å². The minimum atomic E-state index is -1.65. The van der Waals surface area contributed by atoms with Crippen LogP contribution in [-0.4, -0.2) is 71.2 Å². The van der Waals surface area contributed by atoms with Gasteiger partial charge in [0.2, 0.25) is 0 Å². The second-order valence-electron chi connectivity index (χ2n) is 6.26. The van der Waals surface area contributed by atoms with Crippen molar-refractivity contribution in [3.8, 4) is 0 Å². The summed E-state index contributed by atoms with van der Waals surface area (Å²) in [5.74, 6) is -2.71. The van der Waals surface area contributed by atoms with Crippen molar-refractivity contribution in [2.45, 2.75) is 51.4 Å². The molecule has 1 aliphatic rings. The van der Waals surface area contributed by atoms with Crippen molar-refractivity contribution in [1.29, 1.82) is 0 Å². The molecule has 1 aliphatic heterocycles. The number of ether oxygens (including phenoxy) is 4. The van der Waals surface area contributed by atoms with E-state index in [0.29, 0.717) is 0 Å². The maximum Gasteiger partial charge on any atom is 0.303 e. The second kappa shape index (κ2) is 9.94. The zero-order valence-corrected chi connectivity index (χ0v) is 16.1. The average Bonchev–Trinajstić information content (AvgIpc) is 2.65. The van der Waals surface area contributed by atoms with Gasteiger partial charge >= 0.3 is 17.9 Å². The standard InChI is InChI=1S/C18H22N2O9/c1-9(21)26-8-13-15(27-10(2)22)16(28-11(3)23)14(18(25)29-13)20-17(24)12-5-4-6-19-7-12/h4-7,13-16,18,25H,8H2,1-3H3,(H,20,24)/t13-,14-,15-,16+,18+/m0/s1. The van der Waals surface area contributed by atoms with Crippen LogP contribution in [0.15, 0.2) is 24.5 Å². The number of hydrogen-bond donors (Lipinski definition) is 2. The number of aliphatic hydroxyl groups is 1. The van der Waals surface area contributed by atoms with Gasteiger partial charge in [0.05, 0.1) is 5.56 Å². The van der Waals surface area contributed by atoms with Gasteiger partial charge in [-0.05, 0) is 12.1 Å². The lowest BCUT2D eigenvalue weighted by Crippen LogP contribution is -2.66. The summed E-state index contributed by atoms with van der Waals surface area (Å²) < 4.78 is 20.7. The fourth-order valence-corrected chi connectivity index (χ4v) is 2.80. The van der Waals surface area contributed by atoms with Crippen LogP contribution in [0.2, 0.25) is 0 Å². The van der Waals surface area contributed by atoms with E-state index in [0.717, 1.165) is 13.8 Å². The minimum Gasteiger partial charge on any atom is -0.463 e. The van der Waals surface area contributed by atoms with E-state index in [1.165, 1.54) is 25.4 Å². The van der Waals surface area contributed by atoms with E-state index in [1.807, 2.05) is 0 Å². The lowest BCUT2D eigenvalue weighted by Gasteiger charge is -2.43. The van der Waals surface area contributed by atoms with Gasteiger partial charge in [0.1, 0.15) is 18.8 Å². The molecule has 29 heavy (non-hydrogen) atoms. The normalized spacial score (nSPS) is 26.1. The fraction of sp³-hybridized carbons (Fsp3) is 0.500. The molecule has 0 unspecified atom stereocenters. The van der Waals surface area contributed by atoms with Gasteiger partial charge in [-0.25, -0.2) is 0 Å². The molecular weight excluding hydrogens is 388 g/mol. The van der Waals surface area contributed by atoms with E-state index in [4.69, 9.17) is 18.9 Å². The maximum atomic E-state index is 12.5. The first-order valence-corrected chi connectivity index (χ1v) is 8.71. The highest BCUT2D eigenvalue weighted by Gasteiger charge is 2.50. The van der Waals surface area contributed by atoms with Crippen molar-refractivity contribution >= 4 is 23.8 Å². The lowest BCUT2D eigenvalue weighted by molar-refractivity contribution is -0.263. The van der Waals surface area contributed by atoms with Gasteiger partial charge in [-0.3, -0.25) is 24.2 Å². The number of aliphatic hydroxyl groups excluding tert-OH is 1. The zero-order chi connectivity index (χ0) is 21.6. The molecule has 1 amide bonds. The molecule has 0 radical (unpaired) electrons. The van der Waals surface area contributed by atoms with E-state index in [9.17, 15) is 24.3 Å². The Hall–Kier alpha value is -3.05. The monoisotopic (exact) mass is 410 g/mol. The quantitative estimate of drug-likeness (QED) is 0.456. The molecule has 0 bridgehead atoms. The number of carbonyl (C=O) groups is 4. The average molecular weight is 410 g/mol. The van der Waals surface area contributed by atoms with Gasteiger partial charge in [-0.2, -0.15) is 0 Å². The number of nitrogens with one attached hydrogen (secondary N) is 1. The van der Waals surface area contributed by atoms with Crippen molar-refractivity contribution < 1.29 is 43.2 Å². The number of hydrogen-bond acceptors (Lipinski definition) is 10. The molecule has 1 aromatic rings. The Morgan fingerprint density at radius 1 is 1.10 bits per heavy atom. The smallest absolute Gasteiger partial charge is 0.303 e. The van der Waals surface area contributed by atoms with E-state index in [2.05, 4.69) is 10.3 Å². The number of esters is 3. The highest BCUT2D eigenvalue weighted by atomic mass is 16.7. The van der Waals surface area contributed by atoms with Gasteiger partial charge in [0, 0.05) is 33.2 Å². The third-order valence-corrected chi connectivity index (χ3v) is 3.94. The SMILES string of the molecule is CC(=O)OC[C@@H]1O[C@@H](O)[C@@H](NC(=O)c2cccnc2)[C@@H](OC(C)=O)[C@H]1OC(C)=O. The van der Waals surface area contributed by atoms with Crippen molar-refractivity contribution in [2.24, 2.45) is 0 Å². The Kier molecular flexibility index (Phi) is 7.62. The number of pyridine rings is 1. The highest BCUT2D eigenvalue weighted by Crippen LogP contribution is 2.26. The summed E-state index contributed by atoms with van der Waals surface area (Å²) in [4.78, 5) is 50.6. The molecule has 5 atom stereocenters. The Morgan fingerprint density at radius 2 is 1.76 bits per heavy atom. The number of nitrogens with zero attached hydrogens (tertiary/aromatic N) is 1. The molecule has 0 aromatic carbocycles. The van der Waals surface area contributed by atoms with Crippen LogP contribution in [0.1, 0.15) is 31.1 Å². The van der Waals surface area contributed by atoms with E-state index < -0.39 is 54.5 Å². The van der Waals surface area contributed by atoms with Crippen LogP contribution in [-0.2, 0) is 33.3 Å². The van der Waals surface area contributed by atoms with Crippen molar-refractivity contribution in [3.05, 3.63) is 30.1 Å². The molecule has 2 N–H and O–H groups in total. The van der Waals surface area contributed by atoms with Crippen molar-refractivity contribution in [2.75, 3.05) is 6.61 Å². The first kappa shape index (κ1) is 22.2. The molecule has 1 saturated heterocycles. The summed E-state index contributed by atoms with van der Waals surface area (Å²) >= 11 is 0. The predicted molar refractivity (Wildman–Crippen MR) is 94.1 cm³/mol. The van der Waals surface area contributed by atoms with Gasteiger partial charge in [0.15, 0.2) is 18.5 Å². The van der Waals surface area contributed by atoms with Crippen LogP contribution in [0.4, 0.5) is 0 Å². The van der Waals surface area contributed by atoms with Gasteiger partial charge in [-0.15, -0.1) is 0 Å². The summed E-state index contributed by atoms with van der Waals surface area (Å²) in [5, 5.41) is 12.9. The first-order valence-electron chi connectivity index (χ1n) is 8.71.